The fourth-order valence-electron chi connectivity index (χ4n) is 4.16. The van der Waals surface area contributed by atoms with Gasteiger partial charge in [-0.25, -0.2) is 0 Å². The van der Waals surface area contributed by atoms with Crippen LogP contribution in [0.25, 0.3) is 0 Å². The Morgan fingerprint density at radius 3 is 2.86 bits per heavy atom. The molecule has 6 nitrogen and oxygen atoms in total. The van der Waals surface area contributed by atoms with Gasteiger partial charge in [0.2, 0.25) is 0 Å². The average molecular weight is 399 g/mol. The third-order valence-corrected chi connectivity index (χ3v) is 7.05. The Kier molecular flexibility index (Phi) is 6.20. The van der Waals surface area contributed by atoms with Crippen LogP contribution in [-0.4, -0.2) is 58.1 Å². The van der Waals surface area contributed by atoms with E-state index in [-0.39, 0.29) is 0 Å². The first kappa shape index (κ1) is 19.3. The number of nitrogens with one attached hydrogen (secondary N) is 1. The van der Waals surface area contributed by atoms with Gasteiger partial charge in [-0.1, -0.05) is 18.2 Å². The maximum absolute atomic E-state index is 4.55. The minimum Gasteiger partial charge on any atom is -0.356 e. The minimum atomic E-state index is 0.603. The van der Waals surface area contributed by atoms with Crippen LogP contribution in [0.1, 0.15) is 24.5 Å². The first-order valence-corrected chi connectivity index (χ1v) is 11.2. The van der Waals surface area contributed by atoms with Crippen LogP contribution < -0.4 is 5.32 Å². The van der Waals surface area contributed by atoms with Crippen molar-refractivity contribution in [3.8, 4) is 0 Å². The fraction of sp³-hybridized carbons (Fsp3) is 0.571. The van der Waals surface area contributed by atoms with Gasteiger partial charge in [-0.2, -0.15) is 0 Å². The second-order valence-electron chi connectivity index (χ2n) is 7.83. The van der Waals surface area contributed by atoms with Crippen molar-refractivity contribution in [1.82, 2.24) is 25.0 Å². The molecule has 1 N–H and O–H groups in total. The van der Waals surface area contributed by atoms with E-state index in [0.29, 0.717) is 5.92 Å². The van der Waals surface area contributed by atoms with Crippen molar-refractivity contribution < 1.29 is 0 Å². The molecule has 0 radical (unpaired) electrons. The first-order chi connectivity index (χ1) is 13.7. The van der Waals surface area contributed by atoms with Crippen LogP contribution in [-0.2, 0) is 13.0 Å². The lowest BCUT2D eigenvalue weighted by Crippen LogP contribution is -2.43. The van der Waals surface area contributed by atoms with Crippen molar-refractivity contribution in [2.75, 3.05) is 32.4 Å². The lowest BCUT2D eigenvalue weighted by molar-refractivity contribution is 0.352. The summed E-state index contributed by atoms with van der Waals surface area (Å²) in [6, 6.07) is 10.7. The lowest BCUT2D eigenvalue weighted by atomic mass is 9.99. The largest absolute Gasteiger partial charge is 0.356 e. The quantitative estimate of drug-likeness (QED) is 0.477. The Balaban J connectivity index is 1.24. The number of aryl methyl sites for hydroxylation is 2. The van der Waals surface area contributed by atoms with Crippen molar-refractivity contribution in [2.45, 2.75) is 37.6 Å². The fourth-order valence-corrected chi connectivity index (χ4v) is 5.21. The number of aromatic nitrogens is 3. The number of hydrogen-bond donors (Lipinski definition) is 1. The molecule has 1 fully saturated rings. The molecule has 7 heteroatoms. The molecular formula is C21H30N6S. The maximum atomic E-state index is 4.55. The smallest absolute Gasteiger partial charge is 0.193 e. The highest BCUT2D eigenvalue weighted by molar-refractivity contribution is 7.99. The van der Waals surface area contributed by atoms with E-state index < -0.39 is 0 Å². The number of aliphatic imine (C=N–C) groups is 1. The predicted molar refractivity (Wildman–Crippen MR) is 115 cm³/mol. The van der Waals surface area contributed by atoms with Crippen molar-refractivity contribution in [2.24, 2.45) is 16.8 Å². The molecule has 0 spiro atoms. The van der Waals surface area contributed by atoms with Gasteiger partial charge in [0.05, 0.1) is 0 Å². The number of benzene rings is 1. The summed E-state index contributed by atoms with van der Waals surface area (Å²) in [5, 5.41) is 12.1. The van der Waals surface area contributed by atoms with Crippen LogP contribution >= 0.6 is 11.8 Å². The van der Waals surface area contributed by atoms with Crippen LogP contribution in [0.4, 0.5) is 0 Å². The minimum absolute atomic E-state index is 0.603. The second kappa shape index (κ2) is 8.99. The van der Waals surface area contributed by atoms with E-state index in [1.54, 1.807) is 0 Å². The van der Waals surface area contributed by atoms with Crippen molar-refractivity contribution in [1.29, 1.82) is 0 Å². The summed E-state index contributed by atoms with van der Waals surface area (Å²) < 4.78 is 2.27. The van der Waals surface area contributed by atoms with E-state index in [9.17, 15) is 0 Å². The number of thioether (sulfide) groups is 1. The van der Waals surface area contributed by atoms with Crippen LogP contribution in [0.2, 0.25) is 0 Å². The molecule has 2 aliphatic heterocycles. The molecule has 1 aromatic heterocycles. The molecule has 0 amide bonds. The molecule has 0 saturated carbocycles. The first-order valence-electron chi connectivity index (χ1n) is 10.2. The molecule has 3 heterocycles. The summed E-state index contributed by atoms with van der Waals surface area (Å²) in [4.78, 5) is 8.34. The van der Waals surface area contributed by atoms with Gasteiger partial charge in [0, 0.05) is 50.3 Å². The number of hydrogen-bond acceptors (Lipinski definition) is 4. The highest BCUT2D eigenvalue weighted by atomic mass is 32.2. The Morgan fingerprint density at radius 2 is 2.04 bits per heavy atom. The Labute approximate surface area is 171 Å². The molecule has 2 aliphatic rings. The zero-order valence-electron chi connectivity index (χ0n) is 16.8. The molecule has 150 valence electrons. The molecule has 2 atom stereocenters. The number of likely N-dealkylation sites (tertiary alicyclic amines) is 1. The second-order valence-corrected chi connectivity index (χ2v) is 8.93. The third-order valence-electron chi connectivity index (χ3n) is 5.80. The molecule has 2 unspecified atom stereocenters. The van der Waals surface area contributed by atoms with Gasteiger partial charge in [0.1, 0.15) is 11.6 Å². The molecule has 2 aromatic rings. The molecule has 28 heavy (non-hydrogen) atoms. The van der Waals surface area contributed by atoms with Gasteiger partial charge in [-0.05, 0) is 43.7 Å². The van der Waals surface area contributed by atoms with Gasteiger partial charge in [-0.3, -0.25) is 4.99 Å². The highest BCUT2D eigenvalue weighted by Gasteiger charge is 2.26. The van der Waals surface area contributed by atoms with Crippen LogP contribution in [0.3, 0.4) is 0 Å². The number of nitrogens with zero attached hydrogens (tertiary/aromatic N) is 5. The molecule has 0 aliphatic carbocycles. The summed E-state index contributed by atoms with van der Waals surface area (Å²) in [6.07, 6.45) is 3.43. The predicted octanol–water partition coefficient (Wildman–Crippen LogP) is 2.84. The topological polar surface area (TPSA) is 58.3 Å². The van der Waals surface area contributed by atoms with E-state index >= 15 is 0 Å². The maximum Gasteiger partial charge on any atom is 0.193 e. The zero-order valence-corrected chi connectivity index (χ0v) is 17.7. The van der Waals surface area contributed by atoms with Gasteiger partial charge < -0.3 is 14.8 Å². The zero-order chi connectivity index (χ0) is 19.3. The lowest BCUT2D eigenvalue weighted by Gasteiger charge is -2.27. The average Bonchev–Trinajstić information content (AvgIpc) is 3.35. The standard InChI is InChI=1S/C21H30N6S/c1-16-24-25-20-9-8-17(14-27(16)20)12-23-21(22-2)26-11-10-18(13-26)15-28-19-6-4-3-5-7-19/h3-7,17-18H,8-15H2,1-2H3,(H,22,23). The van der Waals surface area contributed by atoms with Gasteiger partial charge in [0.15, 0.2) is 5.96 Å². The van der Waals surface area contributed by atoms with E-state index in [2.05, 4.69) is 60.3 Å². The van der Waals surface area contributed by atoms with E-state index in [1.165, 1.54) is 23.5 Å². The monoisotopic (exact) mass is 398 g/mol. The molecule has 0 bridgehead atoms. The Morgan fingerprint density at radius 1 is 1.18 bits per heavy atom. The van der Waals surface area contributed by atoms with E-state index in [0.717, 1.165) is 56.1 Å². The van der Waals surface area contributed by atoms with Crippen molar-refractivity contribution >= 4 is 17.7 Å². The normalized spacial score (nSPS) is 22.4. The SMILES string of the molecule is CN=C(NCC1CCc2nnc(C)n2C1)N1CCC(CSc2ccccc2)C1. The molecule has 1 saturated heterocycles. The summed E-state index contributed by atoms with van der Waals surface area (Å²) in [6.45, 7) is 6.21. The Bertz CT molecular complexity index is 802. The van der Waals surface area contributed by atoms with Crippen LogP contribution in [0.15, 0.2) is 40.2 Å². The Hall–Kier alpha value is -2.02. The van der Waals surface area contributed by atoms with Crippen molar-refractivity contribution in [3.05, 3.63) is 42.0 Å². The summed E-state index contributed by atoms with van der Waals surface area (Å²) in [5.74, 6) is 5.72. The molecule has 4 rings (SSSR count). The van der Waals surface area contributed by atoms with Gasteiger partial charge in [-0.15, -0.1) is 22.0 Å². The van der Waals surface area contributed by atoms with Gasteiger partial charge >= 0.3 is 0 Å². The van der Waals surface area contributed by atoms with E-state index in [1.807, 2.05) is 25.7 Å². The van der Waals surface area contributed by atoms with Crippen molar-refractivity contribution in [3.63, 3.8) is 0 Å². The number of guanidine groups is 1. The molecule has 1 aromatic carbocycles. The van der Waals surface area contributed by atoms with Gasteiger partial charge in [0.25, 0.3) is 0 Å². The number of fused-ring (bicyclic) bond motifs is 1. The van der Waals surface area contributed by atoms with Crippen LogP contribution in [0.5, 0.6) is 0 Å². The summed E-state index contributed by atoms with van der Waals surface area (Å²) in [7, 11) is 1.90. The summed E-state index contributed by atoms with van der Waals surface area (Å²) in [5.41, 5.74) is 0. The molecular weight excluding hydrogens is 368 g/mol. The number of rotatable bonds is 5. The highest BCUT2D eigenvalue weighted by Crippen LogP contribution is 2.26. The summed E-state index contributed by atoms with van der Waals surface area (Å²) >= 11 is 1.97. The van der Waals surface area contributed by atoms with E-state index in [4.69, 9.17) is 0 Å². The third kappa shape index (κ3) is 4.51. The van der Waals surface area contributed by atoms with Crippen LogP contribution in [0, 0.1) is 18.8 Å².